The molecule has 0 radical (unpaired) electrons. The monoisotopic (exact) mass is 299 g/mol. The normalized spacial score (nSPS) is 15.0. The van der Waals surface area contributed by atoms with Gasteiger partial charge in [-0.1, -0.05) is 12.8 Å². The molecule has 0 unspecified atom stereocenters. The van der Waals surface area contributed by atoms with Gasteiger partial charge in [0.25, 0.3) is 0 Å². The molecule has 1 aliphatic heterocycles. The topological polar surface area (TPSA) is 81.7 Å². The van der Waals surface area contributed by atoms with Crippen LogP contribution in [0.3, 0.4) is 0 Å². The summed E-state index contributed by atoms with van der Waals surface area (Å²) in [5.74, 6) is -0.735. The fraction of sp³-hybridized carbons (Fsp3) is 0.867. The number of amides is 2. The molecular formula is C15H29N3O3. The number of hydrogen-bond donors (Lipinski definition) is 3. The molecule has 3 N–H and O–H groups in total. The highest BCUT2D eigenvalue weighted by molar-refractivity contribution is 5.73. The quantitative estimate of drug-likeness (QED) is 0.508. The van der Waals surface area contributed by atoms with Crippen LogP contribution in [0.15, 0.2) is 0 Å². The van der Waals surface area contributed by atoms with E-state index in [9.17, 15) is 9.59 Å². The SMILES string of the molecule is O=C(O)CCCCCCNC(=O)NCCCN1CCCC1. The average Bonchev–Trinajstić information content (AvgIpc) is 2.95. The van der Waals surface area contributed by atoms with Gasteiger partial charge in [-0.15, -0.1) is 0 Å². The van der Waals surface area contributed by atoms with Gasteiger partial charge in [0.05, 0.1) is 0 Å². The van der Waals surface area contributed by atoms with Crippen molar-refractivity contribution in [1.29, 1.82) is 0 Å². The zero-order chi connectivity index (χ0) is 15.3. The van der Waals surface area contributed by atoms with E-state index in [1.807, 2.05) is 0 Å². The summed E-state index contributed by atoms with van der Waals surface area (Å²) >= 11 is 0. The zero-order valence-electron chi connectivity index (χ0n) is 12.9. The lowest BCUT2D eigenvalue weighted by Crippen LogP contribution is -2.37. The number of rotatable bonds is 11. The number of carboxylic acid groups (broad SMARTS) is 1. The molecule has 0 saturated carbocycles. The number of hydrogen-bond acceptors (Lipinski definition) is 3. The largest absolute Gasteiger partial charge is 0.481 e. The van der Waals surface area contributed by atoms with Crippen LogP contribution in [0.5, 0.6) is 0 Å². The van der Waals surface area contributed by atoms with Gasteiger partial charge in [-0.2, -0.15) is 0 Å². The standard InChI is InChI=1S/C15H29N3O3/c19-14(20)8-3-1-2-4-9-16-15(21)17-10-7-13-18-11-5-6-12-18/h1-13H2,(H,19,20)(H2,16,17,21). The highest BCUT2D eigenvalue weighted by atomic mass is 16.4. The van der Waals surface area contributed by atoms with E-state index < -0.39 is 5.97 Å². The summed E-state index contributed by atoms with van der Waals surface area (Å²) in [6, 6.07) is -0.0954. The minimum Gasteiger partial charge on any atom is -0.481 e. The minimum absolute atomic E-state index is 0.0954. The number of carbonyl (C=O) groups is 2. The summed E-state index contributed by atoms with van der Waals surface area (Å²) in [5, 5.41) is 14.2. The van der Waals surface area contributed by atoms with Crippen LogP contribution in [0, 0.1) is 0 Å². The van der Waals surface area contributed by atoms with E-state index in [-0.39, 0.29) is 12.5 Å². The number of aliphatic carboxylic acids is 1. The van der Waals surface area contributed by atoms with Crippen molar-refractivity contribution < 1.29 is 14.7 Å². The van der Waals surface area contributed by atoms with Gasteiger partial charge in [0, 0.05) is 19.5 Å². The molecule has 0 aromatic rings. The van der Waals surface area contributed by atoms with Gasteiger partial charge >= 0.3 is 12.0 Å². The first-order chi connectivity index (χ1) is 10.2. The van der Waals surface area contributed by atoms with E-state index in [1.165, 1.54) is 25.9 Å². The van der Waals surface area contributed by atoms with Crippen molar-refractivity contribution in [3.8, 4) is 0 Å². The van der Waals surface area contributed by atoms with Crippen LogP contribution < -0.4 is 10.6 Å². The molecule has 0 bridgehead atoms. The number of nitrogens with one attached hydrogen (secondary N) is 2. The van der Waals surface area contributed by atoms with Crippen molar-refractivity contribution in [2.75, 3.05) is 32.7 Å². The Bertz CT molecular complexity index is 305. The lowest BCUT2D eigenvalue weighted by molar-refractivity contribution is -0.137. The Kier molecular flexibility index (Phi) is 9.61. The maximum absolute atomic E-state index is 11.5. The van der Waals surface area contributed by atoms with Gasteiger partial charge in [-0.05, 0) is 51.7 Å². The predicted molar refractivity (Wildman–Crippen MR) is 82.4 cm³/mol. The number of nitrogens with zero attached hydrogens (tertiary/aromatic N) is 1. The summed E-state index contributed by atoms with van der Waals surface area (Å²) in [7, 11) is 0. The van der Waals surface area contributed by atoms with Gasteiger partial charge < -0.3 is 20.6 Å². The van der Waals surface area contributed by atoms with E-state index in [0.29, 0.717) is 6.54 Å². The van der Waals surface area contributed by atoms with Crippen molar-refractivity contribution in [3.05, 3.63) is 0 Å². The second-order valence-electron chi connectivity index (χ2n) is 5.64. The van der Waals surface area contributed by atoms with Gasteiger partial charge in [0.2, 0.25) is 0 Å². The van der Waals surface area contributed by atoms with Crippen molar-refractivity contribution in [2.24, 2.45) is 0 Å². The highest BCUT2D eigenvalue weighted by Gasteiger charge is 2.10. The fourth-order valence-corrected chi connectivity index (χ4v) is 2.53. The number of likely N-dealkylation sites (tertiary alicyclic amines) is 1. The molecule has 21 heavy (non-hydrogen) atoms. The van der Waals surface area contributed by atoms with Crippen LogP contribution in [0.25, 0.3) is 0 Å². The van der Waals surface area contributed by atoms with Crippen LogP contribution in [-0.2, 0) is 4.79 Å². The van der Waals surface area contributed by atoms with Crippen LogP contribution in [0.1, 0.15) is 51.4 Å². The van der Waals surface area contributed by atoms with Gasteiger partial charge in [-0.3, -0.25) is 4.79 Å². The predicted octanol–water partition coefficient (Wildman–Crippen LogP) is 1.81. The molecule has 2 amide bonds. The molecular weight excluding hydrogens is 270 g/mol. The average molecular weight is 299 g/mol. The van der Waals surface area contributed by atoms with Crippen molar-refractivity contribution in [3.63, 3.8) is 0 Å². The lowest BCUT2D eigenvalue weighted by atomic mass is 10.1. The fourth-order valence-electron chi connectivity index (χ4n) is 2.53. The smallest absolute Gasteiger partial charge is 0.314 e. The molecule has 0 aliphatic carbocycles. The first-order valence-electron chi connectivity index (χ1n) is 8.14. The third-order valence-electron chi connectivity index (χ3n) is 3.74. The molecule has 122 valence electrons. The van der Waals surface area contributed by atoms with Gasteiger partial charge in [0.15, 0.2) is 0 Å². The first kappa shape index (κ1) is 17.8. The van der Waals surface area contributed by atoms with E-state index in [1.54, 1.807) is 0 Å². The molecule has 6 heteroatoms. The summed E-state index contributed by atoms with van der Waals surface area (Å²) in [5.41, 5.74) is 0. The Morgan fingerprint density at radius 3 is 2.19 bits per heavy atom. The maximum atomic E-state index is 11.5. The Hall–Kier alpha value is -1.30. The molecule has 1 heterocycles. The van der Waals surface area contributed by atoms with Crippen molar-refractivity contribution in [2.45, 2.75) is 51.4 Å². The first-order valence-corrected chi connectivity index (χ1v) is 8.14. The van der Waals surface area contributed by atoms with Crippen LogP contribution in [-0.4, -0.2) is 54.7 Å². The van der Waals surface area contributed by atoms with Gasteiger partial charge in [-0.25, -0.2) is 4.79 Å². The van der Waals surface area contributed by atoms with Crippen molar-refractivity contribution in [1.82, 2.24) is 15.5 Å². The zero-order valence-corrected chi connectivity index (χ0v) is 12.9. The number of carboxylic acids is 1. The summed E-state index contributed by atoms with van der Waals surface area (Å²) in [6.45, 7) is 4.86. The van der Waals surface area contributed by atoms with Crippen molar-refractivity contribution >= 4 is 12.0 Å². The van der Waals surface area contributed by atoms with Gasteiger partial charge in [0.1, 0.15) is 0 Å². The van der Waals surface area contributed by atoms with E-state index in [4.69, 9.17) is 5.11 Å². The minimum atomic E-state index is -0.735. The maximum Gasteiger partial charge on any atom is 0.314 e. The van der Waals surface area contributed by atoms with Crippen LogP contribution >= 0.6 is 0 Å². The lowest BCUT2D eigenvalue weighted by Gasteiger charge is -2.14. The molecule has 6 nitrogen and oxygen atoms in total. The Labute approximate surface area is 127 Å². The molecule has 1 rings (SSSR count). The number of carbonyl (C=O) groups excluding carboxylic acids is 1. The molecule has 1 saturated heterocycles. The second-order valence-corrected chi connectivity index (χ2v) is 5.64. The second kappa shape index (κ2) is 11.4. The third kappa shape index (κ3) is 10.1. The highest BCUT2D eigenvalue weighted by Crippen LogP contribution is 2.06. The van der Waals surface area contributed by atoms with Crippen LogP contribution in [0.4, 0.5) is 4.79 Å². The molecule has 1 fully saturated rings. The Balaban J connectivity index is 1.81. The van der Waals surface area contributed by atoms with E-state index >= 15 is 0 Å². The third-order valence-corrected chi connectivity index (χ3v) is 3.74. The Morgan fingerprint density at radius 2 is 1.52 bits per heavy atom. The number of unbranched alkanes of at least 4 members (excludes halogenated alkanes) is 3. The number of urea groups is 1. The summed E-state index contributed by atoms with van der Waals surface area (Å²) in [6.07, 6.45) is 7.35. The van der Waals surface area contributed by atoms with E-state index in [2.05, 4.69) is 15.5 Å². The Morgan fingerprint density at radius 1 is 0.905 bits per heavy atom. The molecule has 0 atom stereocenters. The van der Waals surface area contributed by atoms with E-state index in [0.717, 1.165) is 45.2 Å². The molecule has 0 spiro atoms. The summed E-state index contributed by atoms with van der Waals surface area (Å²) in [4.78, 5) is 24.3. The van der Waals surface area contributed by atoms with Crippen LogP contribution in [0.2, 0.25) is 0 Å². The molecule has 1 aliphatic rings. The molecule has 0 aromatic heterocycles. The summed E-state index contributed by atoms with van der Waals surface area (Å²) < 4.78 is 0. The molecule has 0 aromatic carbocycles.